The summed E-state index contributed by atoms with van der Waals surface area (Å²) < 4.78 is 0. The molecule has 1 amide bonds. The lowest BCUT2D eigenvalue weighted by Gasteiger charge is -2.15. The van der Waals surface area contributed by atoms with Crippen molar-refractivity contribution < 1.29 is 4.79 Å². The molecule has 5 heteroatoms. The monoisotopic (exact) mass is 323 g/mol. The first-order valence-corrected chi connectivity index (χ1v) is 8.67. The number of rotatable bonds is 4. The molecule has 1 fully saturated rings. The number of hydrogen-bond acceptors (Lipinski definition) is 4. The maximum Gasteiger partial charge on any atom is 0.270 e. The highest BCUT2D eigenvalue weighted by Crippen LogP contribution is 2.41. The predicted octanol–water partition coefficient (Wildman–Crippen LogP) is 3.88. The maximum absolute atomic E-state index is 12.6. The molecule has 1 aliphatic carbocycles. The minimum atomic E-state index is -0.125. The minimum absolute atomic E-state index is 0.00877. The van der Waals surface area contributed by atoms with E-state index in [1.54, 1.807) is 17.4 Å². The number of aryl methyl sites for hydroxylation is 1. The number of benzene rings is 1. The van der Waals surface area contributed by atoms with Gasteiger partial charge in [-0.3, -0.25) is 4.79 Å². The highest BCUT2D eigenvalue weighted by molar-refractivity contribution is 7.09. The van der Waals surface area contributed by atoms with E-state index < -0.39 is 0 Å². The van der Waals surface area contributed by atoms with E-state index in [9.17, 15) is 4.79 Å². The van der Waals surface area contributed by atoms with Crippen LogP contribution >= 0.6 is 11.3 Å². The van der Waals surface area contributed by atoms with E-state index in [0.717, 1.165) is 34.4 Å². The Morgan fingerprint density at radius 2 is 2.04 bits per heavy atom. The van der Waals surface area contributed by atoms with Crippen LogP contribution in [0.5, 0.6) is 0 Å². The van der Waals surface area contributed by atoms with E-state index in [-0.39, 0.29) is 11.9 Å². The minimum Gasteiger partial charge on any atom is -0.341 e. The Kier molecular flexibility index (Phi) is 3.58. The molecule has 1 unspecified atom stereocenters. The van der Waals surface area contributed by atoms with Gasteiger partial charge < -0.3 is 5.32 Å². The quantitative estimate of drug-likeness (QED) is 0.792. The Bertz CT molecular complexity index is 869. The molecule has 3 aromatic rings. The number of nitrogens with one attached hydrogen (secondary N) is 1. The summed E-state index contributed by atoms with van der Waals surface area (Å²) in [4.78, 5) is 21.6. The lowest BCUT2D eigenvalue weighted by atomic mass is 10.1. The van der Waals surface area contributed by atoms with Gasteiger partial charge in [0.15, 0.2) is 0 Å². The van der Waals surface area contributed by atoms with Crippen molar-refractivity contribution in [3.63, 3.8) is 0 Å². The van der Waals surface area contributed by atoms with Crippen LogP contribution in [0.2, 0.25) is 0 Å². The van der Waals surface area contributed by atoms with Gasteiger partial charge in [0.05, 0.1) is 11.6 Å². The van der Waals surface area contributed by atoms with Gasteiger partial charge in [-0.1, -0.05) is 24.3 Å². The number of fused-ring (bicyclic) bond motifs is 1. The predicted molar refractivity (Wildman–Crippen MR) is 91.5 cm³/mol. The zero-order valence-electron chi connectivity index (χ0n) is 12.8. The number of carbonyl (C=O) groups excluding carboxylic acids is 1. The van der Waals surface area contributed by atoms with Crippen LogP contribution in [-0.4, -0.2) is 15.9 Å². The number of thiazole rings is 1. The van der Waals surface area contributed by atoms with Crippen molar-refractivity contribution in [2.45, 2.75) is 25.8 Å². The molecule has 0 spiro atoms. The van der Waals surface area contributed by atoms with Gasteiger partial charge in [0.25, 0.3) is 5.91 Å². The summed E-state index contributed by atoms with van der Waals surface area (Å²) in [5.41, 5.74) is 2.31. The van der Waals surface area contributed by atoms with E-state index in [2.05, 4.69) is 15.3 Å². The molecular formula is C18H17N3OS. The molecule has 4 rings (SSSR count). The van der Waals surface area contributed by atoms with Crippen LogP contribution in [0.3, 0.4) is 0 Å². The standard InChI is InChI=1S/C18H17N3OS/c1-11-10-23-18(19-11)16(13-6-7-13)21-17(22)15-9-8-12-4-2-3-5-14(12)20-15/h2-5,8-10,13,16H,6-7H2,1H3,(H,21,22). The summed E-state index contributed by atoms with van der Waals surface area (Å²) in [6.07, 6.45) is 2.30. The van der Waals surface area contributed by atoms with Crippen LogP contribution in [0.1, 0.15) is 40.1 Å². The third-order valence-electron chi connectivity index (χ3n) is 4.11. The van der Waals surface area contributed by atoms with Crippen molar-refractivity contribution in [1.82, 2.24) is 15.3 Å². The molecule has 0 aliphatic heterocycles. The molecule has 0 saturated heterocycles. The molecule has 2 heterocycles. The Hall–Kier alpha value is -2.27. The van der Waals surface area contributed by atoms with Gasteiger partial charge in [0.2, 0.25) is 0 Å². The fraction of sp³-hybridized carbons (Fsp3) is 0.278. The summed E-state index contributed by atoms with van der Waals surface area (Å²) in [7, 11) is 0. The van der Waals surface area contributed by atoms with Crippen molar-refractivity contribution in [3.8, 4) is 0 Å². The second-order valence-electron chi connectivity index (χ2n) is 6.00. The highest BCUT2D eigenvalue weighted by Gasteiger charge is 2.35. The van der Waals surface area contributed by atoms with E-state index in [0.29, 0.717) is 11.6 Å². The first-order chi connectivity index (χ1) is 11.2. The molecule has 1 aliphatic rings. The molecule has 1 atom stereocenters. The molecule has 23 heavy (non-hydrogen) atoms. The van der Waals surface area contributed by atoms with Crippen LogP contribution in [0.15, 0.2) is 41.8 Å². The van der Waals surface area contributed by atoms with Crippen molar-refractivity contribution in [2.24, 2.45) is 5.92 Å². The zero-order valence-corrected chi connectivity index (χ0v) is 13.6. The molecule has 0 bridgehead atoms. The molecule has 1 N–H and O–H groups in total. The van der Waals surface area contributed by atoms with Gasteiger partial charge in [-0.2, -0.15) is 0 Å². The fourth-order valence-corrected chi connectivity index (χ4v) is 3.67. The molecular weight excluding hydrogens is 306 g/mol. The van der Waals surface area contributed by atoms with Crippen molar-refractivity contribution in [2.75, 3.05) is 0 Å². The fourth-order valence-electron chi connectivity index (χ4n) is 2.73. The summed E-state index contributed by atoms with van der Waals surface area (Å²) in [5.74, 6) is 0.380. The van der Waals surface area contributed by atoms with E-state index >= 15 is 0 Å². The third kappa shape index (κ3) is 2.97. The van der Waals surface area contributed by atoms with Crippen LogP contribution in [0, 0.1) is 12.8 Å². The van der Waals surface area contributed by atoms with Gasteiger partial charge in [0.1, 0.15) is 10.7 Å². The Labute approximate surface area is 138 Å². The lowest BCUT2D eigenvalue weighted by Crippen LogP contribution is -2.30. The van der Waals surface area contributed by atoms with Crippen LogP contribution in [0.25, 0.3) is 10.9 Å². The summed E-state index contributed by atoms with van der Waals surface area (Å²) in [5, 5.41) is 7.21. The Balaban J connectivity index is 1.59. The van der Waals surface area contributed by atoms with Crippen LogP contribution < -0.4 is 5.32 Å². The van der Waals surface area contributed by atoms with Gasteiger partial charge in [-0.15, -0.1) is 11.3 Å². The Morgan fingerprint density at radius 1 is 1.22 bits per heavy atom. The van der Waals surface area contributed by atoms with E-state index in [1.165, 1.54) is 0 Å². The van der Waals surface area contributed by atoms with Crippen molar-refractivity contribution in [3.05, 3.63) is 58.2 Å². The van der Waals surface area contributed by atoms with Crippen molar-refractivity contribution >= 4 is 28.1 Å². The Morgan fingerprint density at radius 3 is 2.78 bits per heavy atom. The average molecular weight is 323 g/mol. The van der Waals surface area contributed by atoms with Crippen LogP contribution in [-0.2, 0) is 0 Å². The number of para-hydroxylation sites is 1. The second kappa shape index (κ2) is 5.74. The molecule has 1 aromatic carbocycles. The first kappa shape index (κ1) is 14.3. The third-order valence-corrected chi connectivity index (χ3v) is 5.16. The highest BCUT2D eigenvalue weighted by atomic mass is 32.1. The molecule has 2 aromatic heterocycles. The molecule has 116 valence electrons. The van der Waals surface area contributed by atoms with E-state index in [4.69, 9.17) is 0 Å². The number of nitrogens with zero attached hydrogens (tertiary/aromatic N) is 2. The maximum atomic E-state index is 12.6. The van der Waals surface area contributed by atoms with E-state index in [1.807, 2.05) is 42.6 Å². The topological polar surface area (TPSA) is 54.9 Å². The zero-order chi connectivity index (χ0) is 15.8. The average Bonchev–Trinajstić information content (AvgIpc) is 3.33. The van der Waals surface area contributed by atoms with Crippen LogP contribution in [0.4, 0.5) is 0 Å². The first-order valence-electron chi connectivity index (χ1n) is 7.79. The summed E-state index contributed by atoms with van der Waals surface area (Å²) in [6.45, 7) is 1.98. The number of carbonyl (C=O) groups is 1. The number of pyridine rings is 1. The number of aromatic nitrogens is 2. The number of amides is 1. The summed E-state index contributed by atoms with van der Waals surface area (Å²) in [6, 6.07) is 11.6. The van der Waals surface area contributed by atoms with Gasteiger partial charge in [0, 0.05) is 16.5 Å². The molecule has 4 nitrogen and oxygen atoms in total. The molecule has 0 radical (unpaired) electrons. The SMILES string of the molecule is Cc1csc(C(NC(=O)c2ccc3ccccc3n2)C2CC2)n1. The summed E-state index contributed by atoms with van der Waals surface area (Å²) >= 11 is 1.62. The number of hydrogen-bond donors (Lipinski definition) is 1. The van der Waals surface area contributed by atoms with Gasteiger partial charge in [-0.25, -0.2) is 9.97 Å². The second-order valence-corrected chi connectivity index (χ2v) is 6.89. The normalized spacial score (nSPS) is 15.5. The largest absolute Gasteiger partial charge is 0.341 e. The molecule has 1 saturated carbocycles. The van der Waals surface area contributed by atoms with Crippen molar-refractivity contribution in [1.29, 1.82) is 0 Å². The lowest BCUT2D eigenvalue weighted by molar-refractivity contribution is 0.0927. The van der Waals surface area contributed by atoms with Gasteiger partial charge >= 0.3 is 0 Å². The van der Waals surface area contributed by atoms with Gasteiger partial charge in [-0.05, 0) is 37.8 Å². The smallest absolute Gasteiger partial charge is 0.270 e.